The van der Waals surface area contributed by atoms with Gasteiger partial charge in [-0.15, -0.1) is 0 Å². The summed E-state index contributed by atoms with van der Waals surface area (Å²) in [5.41, 5.74) is 5.01. The van der Waals surface area contributed by atoms with Crippen molar-refractivity contribution in [3.8, 4) is 17.3 Å². The van der Waals surface area contributed by atoms with Crippen molar-refractivity contribution in [3.63, 3.8) is 0 Å². The number of nitriles is 1. The minimum Gasteiger partial charge on any atom is -0.360 e. The Morgan fingerprint density at radius 1 is 1.03 bits per heavy atom. The van der Waals surface area contributed by atoms with Gasteiger partial charge in [0.15, 0.2) is 0 Å². The number of likely N-dealkylation sites (tertiary alicyclic amines) is 1. The second-order valence-electron chi connectivity index (χ2n) is 10.1. The van der Waals surface area contributed by atoms with E-state index in [0.29, 0.717) is 30.0 Å². The van der Waals surface area contributed by atoms with Crippen molar-refractivity contribution < 1.29 is 4.79 Å². The fourth-order valence-corrected chi connectivity index (χ4v) is 5.08. The lowest BCUT2D eigenvalue weighted by atomic mass is 10.1. The summed E-state index contributed by atoms with van der Waals surface area (Å²) < 4.78 is 0. The first-order chi connectivity index (χ1) is 19.2. The average molecular weight is 522 g/mol. The van der Waals surface area contributed by atoms with Gasteiger partial charge < -0.3 is 20.5 Å². The molecule has 8 nitrogen and oxygen atoms in total. The lowest BCUT2D eigenvalue weighted by molar-refractivity contribution is 0.0954. The van der Waals surface area contributed by atoms with Gasteiger partial charge in [0, 0.05) is 47.5 Å². The quantitative estimate of drug-likeness (QED) is 0.236. The largest absolute Gasteiger partial charge is 0.360 e. The second kappa shape index (κ2) is 13.0. The van der Waals surface area contributed by atoms with Crippen LogP contribution in [0.15, 0.2) is 60.9 Å². The molecule has 1 fully saturated rings. The zero-order valence-corrected chi connectivity index (χ0v) is 22.2. The van der Waals surface area contributed by atoms with Crippen LogP contribution in [0.4, 0.5) is 5.95 Å². The Hall–Kier alpha value is -4.22. The number of benzene rings is 2. The maximum Gasteiger partial charge on any atom is 0.251 e. The molecule has 0 aliphatic carbocycles. The van der Waals surface area contributed by atoms with E-state index in [4.69, 9.17) is 0 Å². The first-order valence-corrected chi connectivity index (χ1v) is 13.9. The van der Waals surface area contributed by atoms with Gasteiger partial charge in [-0.2, -0.15) is 5.26 Å². The van der Waals surface area contributed by atoms with E-state index in [9.17, 15) is 10.1 Å². The van der Waals surface area contributed by atoms with Crippen LogP contribution in [0.2, 0.25) is 0 Å². The third kappa shape index (κ3) is 7.01. The molecule has 1 saturated heterocycles. The molecule has 2 aromatic carbocycles. The molecular formula is C31H35N7O. The number of H-pyrrole nitrogens is 1. The highest BCUT2D eigenvalue weighted by atomic mass is 16.1. The number of carbonyl (C=O) groups excluding carboxylic acids is 1. The van der Waals surface area contributed by atoms with E-state index in [1.165, 1.54) is 45.3 Å². The smallest absolute Gasteiger partial charge is 0.251 e. The summed E-state index contributed by atoms with van der Waals surface area (Å²) in [4.78, 5) is 27.4. The van der Waals surface area contributed by atoms with Gasteiger partial charge >= 0.3 is 0 Å². The standard InChI is InChI=1S/C31H35N7O/c32-21-26-22-36-29-11-6-23(20-27(26)29)12-15-33-30(39)25-9-7-24(8-10-25)28-13-16-35-31(37-28)34-14-2-5-19-38-17-3-1-4-18-38/h6-11,13,16,20,22,36H,1-5,12,14-15,17-19H2,(H,33,39)(H,34,35,37). The molecule has 1 aliphatic heterocycles. The van der Waals surface area contributed by atoms with Crippen molar-refractivity contribution in [3.05, 3.63) is 77.6 Å². The van der Waals surface area contributed by atoms with Gasteiger partial charge in [0.05, 0.1) is 11.3 Å². The summed E-state index contributed by atoms with van der Waals surface area (Å²) in [7, 11) is 0. The molecule has 0 radical (unpaired) electrons. The molecule has 3 N–H and O–H groups in total. The minimum atomic E-state index is -0.114. The summed E-state index contributed by atoms with van der Waals surface area (Å²) in [6.45, 7) is 5.03. The zero-order chi connectivity index (χ0) is 26.9. The van der Waals surface area contributed by atoms with Gasteiger partial charge in [-0.05, 0) is 87.6 Å². The van der Waals surface area contributed by atoms with Gasteiger partial charge in [0.2, 0.25) is 5.95 Å². The van der Waals surface area contributed by atoms with Crippen molar-refractivity contribution >= 4 is 22.8 Å². The number of aromatic amines is 1. The van der Waals surface area contributed by atoms with Gasteiger partial charge in [0.1, 0.15) is 6.07 Å². The maximum atomic E-state index is 12.7. The number of carbonyl (C=O) groups is 1. The van der Waals surface area contributed by atoms with Gasteiger partial charge in [-0.3, -0.25) is 4.79 Å². The number of hydrogen-bond donors (Lipinski definition) is 3. The number of fused-ring (bicyclic) bond motifs is 1. The number of amides is 1. The third-order valence-electron chi connectivity index (χ3n) is 7.30. The number of nitrogens with one attached hydrogen (secondary N) is 3. The Labute approximate surface area is 229 Å². The second-order valence-corrected chi connectivity index (χ2v) is 10.1. The molecule has 4 aromatic rings. The van der Waals surface area contributed by atoms with Crippen LogP contribution in [0.5, 0.6) is 0 Å². The lowest BCUT2D eigenvalue weighted by Crippen LogP contribution is -2.30. The highest BCUT2D eigenvalue weighted by Gasteiger charge is 2.10. The predicted octanol–water partition coefficient (Wildman–Crippen LogP) is 5.15. The Kier molecular flexibility index (Phi) is 8.82. The van der Waals surface area contributed by atoms with Crippen LogP contribution in [0.3, 0.4) is 0 Å². The summed E-state index contributed by atoms with van der Waals surface area (Å²) >= 11 is 0. The normalized spacial score (nSPS) is 13.7. The van der Waals surface area contributed by atoms with E-state index < -0.39 is 0 Å². The van der Waals surface area contributed by atoms with Crippen LogP contribution < -0.4 is 10.6 Å². The zero-order valence-electron chi connectivity index (χ0n) is 22.2. The van der Waals surface area contributed by atoms with E-state index in [2.05, 4.69) is 36.6 Å². The number of hydrogen-bond acceptors (Lipinski definition) is 6. The Bertz CT molecular complexity index is 1430. The van der Waals surface area contributed by atoms with E-state index >= 15 is 0 Å². The van der Waals surface area contributed by atoms with Crippen molar-refractivity contribution in [1.29, 1.82) is 5.26 Å². The molecule has 0 atom stereocenters. The maximum absolute atomic E-state index is 12.7. The molecule has 200 valence electrons. The van der Waals surface area contributed by atoms with E-state index in [1.54, 1.807) is 12.4 Å². The molecule has 0 saturated carbocycles. The SMILES string of the molecule is N#Cc1c[nH]c2ccc(CCNC(=O)c3ccc(-c4ccnc(NCCCCN5CCCCC5)n4)cc3)cc12. The molecule has 39 heavy (non-hydrogen) atoms. The molecule has 1 aliphatic rings. The highest BCUT2D eigenvalue weighted by molar-refractivity contribution is 5.94. The first-order valence-electron chi connectivity index (χ1n) is 13.9. The highest BCUT2D eigenvalue weighted by Crippen LogP contribution is 2.20. The number of rotatable bonds is 11. The van der Waals surface area contributed by atoms with Crippen LogP contribution in [-0.4, -0.2) is 58.5 Å². The van der Waals surface area contributed by atoms with Crippen LogP contribution in [0, 0.1) is 11.3 Å². The van der Waals surface area contributed by atoms with Crippen LogP contribution >= 0.6 is 0 Å². The van der Waals surface area contributed by atoms with E-state index in [1.807, 2.05) is 48.5 Å². The molecule has 0 spiro atoms. The van der Waals surface area contributed by atoms with E-state index in [0.717, 1.165) is 40.7 Å². The average Bonchev–Trinajstić information content (AvgIpc) is 3.40. The molecule has 3 heterocycles. The summed E-state index contributed by atoms with van der Waals surface area (Å²) in [5.74, 6) is 0.517. The lowest BCUT2D eigenvalue weighted by Gasteiger charge is -2.26. The molecular weight excluding hydrogens is 486 g/mol. The Morgan fingerprint density at radius 2 is 1.87 bits per heavy atom. The Morgan fingerprint density at radius 3 is 2.69 bits per heavy atom. The third-order valence-corrected chi connectivity index (χ3v) is 7.30. The summed E-state index contributed by atoms with van der Waals surface area (Å²) in [5, 5.41) is 16.5. The predicted molar refractivity (Wildman–Crippen MR) is 155 cm³/mol. The van der Waals surface area contributed by atoms with Crippen molar-refractivity contribution in [1.82, 2.24) is 25.2 Å². The van der Waals surface area contributed by atoms with Crippen molar-refractivity contribution in [2.24, 2.45) is 0 Å². The number of anilines is 1. The van der Waals surface area contributed by atoms with Gasteiger partial charge in [-0.1, -0.05) is 24.6 Å². The summed E-state index contributed by atoms with van der Waals surface area (Å²) in [6, 6.07) is 17.6. The number of aromatic nitrogens is 3. The van der Waals surface area contributed by atoms with E-state index in [-0.39, 0.29) is 5.91 Å². The van der Waals surface area contributed by atoms with Gasteiger partial charge in [0.25, 0.3) is 5.91 Å². The van der Waals surface area contributed by atoms with Crippen molar-refractivity contribution in [2.45, 2.75) is 38.5 Å². The first kappa shape index (κ1) is 26.4. The number of piperidine rings is 1. The number of nitrogens with zero attached hydrogens (tertiary/aromatic N) is 4. The Balaban J connectivity index is 1.08. The molecule has 0 bridgehead atoms. The fraction of sp³-hybridized carbons (Fsp3) is 0.355. The van der Waals surface area contributed by atoms with Gasteiger partial charge in [-0.25, -0.2) is 9.97 Å². The topological polar surface area (TPSA) is 110 Å². The fourth-order valence-electron chi connectivity index (χ4n) is 5.08. The van der Waals surface area contributed by atoms with Crippen LogP contribution in [-0.2, 0) is 6.42 Å². The molecule has 2 aromatic heterocycles. The molecule has 1 amide bonds. The molecule has 0 unspecified atom stereocenters. The minimum absolute atomic E-state index is 0.114. The number of unbranched alkanes of at least 4 members (excludes halogenated alkanes) is 1. The summed E-state index contributed by atoms with van der Waals surface area (Å²) in [6.07, 6.45) is 10.5. The molecule has 5 rings (SSSR count). The molecule has 8 heteroatoms. The van der Waals surface area contributed by atoms with Crippen LogP contribution in [0.1, 0.15) is 53.6 Å². The van der Waals surface area contributed by atoms with Crippen molar-refractivity contribution in [2.75, 3.05) is 38.0 Å². The van der Waals surface area contributed by atoms with Crippen LogP contribution in [0.25, 0.3) is 22.2 Å². The monoisotopic (exact) mass is 521 g/mol.